The third-order valence-electron chi connectivity index (χ3n) is 5.84. The Morgan fingerprint density at radius 1 is 1.11 bits per heavy atom. The first-order valence-electron chi connectivity index (χ1n) is 12.4. The molecule has 0 saturated heterocycles. The molecule has 8 heteroatoms. The van der Waals surface area contributed by atoms with Crippen molar-refractivity contribution in [3.8, 4) is 11.5 Å². The molecule has 0 aliphatic rings. The van der Waals surface area contributed by atoms with Crippen LogP contribution in [-0.4, -0.2) is 44.5 Å². The maximum Gasteiger partial charge on any atom is 0.303 e. The molecule has 204 valence electrons. The Labute approximate surface area is 224 Å². The first-order valence-corrected chi connectivity index (χ1v) is 13.4. The Balaban J connectivity index is 0.00000334. The lowest BCUT2D eigenvalue weighted by atomic mass is 9.96. The lowest BCUT2D eigenvalue weighted by Crippen LogP contribution is -2.09. The average molecular weight is 533 g/mol. The number of hydrogen-bond acceptors (Lipinski definition) is 7. The molecule has 7 nitrogen and oxygen atoms in total. The summed E-state index contributed by atoms with van der Waals surface area (Å²) in [5.74, 6) is 0.0325. The van der Waals surface area contributed by atoms with E-state index >= 15 is 0 Å². The van der Waals surface area contributed by atoms with Gasteiger partial charge in [0, 0.05) is 28.2 Å². The van der Waals surface area contributed by atoms with Gasteiger partial charge in [0.1, 0.15) is 11.5 Å². The van der Waals surface area contributed by atoms with Crippen LogP contribution in [0.2, 0.25) is 0 Å². The van der Waals surface area contributed by atoms with E-state index in [1.165, 1.54) is 18.7 Å². The summed E-state index contributed by atoms with van der Waals surface area (Å²) < 4.78 is 5.84. The number of aliphatic hydroxyl groups is 2. The van der Waals surface area contributed by atoms with Crippen LogP contribution in [0.5, 0.6) is 11.5 Å². The number of aliphatic carboxylic acids is 1. The van der Waals surface area contributed by atoms with Crippen molar-refractivity contribution in [3.05, 3.63) is 65.2 Å². The molecule has 37 heavy (non-hydrogen) atoms. The van der Waals surface area contributed by atoms with Gasteiger partial charge in [-0.3, -0.25) is 9.59 Å². The molecule has 0 spiro atoms. The number of carboxylic acid groups (broad SMARTS) is 1. The zero-order valence-corrected chi connectivity index (χ0v) is 23.1. The molecular formula is C29H40O7S. The van der Waals surface area contributed by atoms with Crippen molar-refractivity contribution in [3.63, 3.8) is 0 Å². The van der Waals surface area contributed by atoms with Gasteiger partial charge in [0.15, 0.2) is 5.78 Å². The Morgan fingerprint density at radius 3 is 2.32 bits per heavy atom. The van der Waals surface area contributed by atoms with E-state index < -0.39 is 18.2 Å². The normalized spacial score (nSPS) is 12.3. The first kappa shape index (κ1) is 32.2. The Morgan fingerprint density at radius 2 is 1.76 bits per heavy atom. The topological polar surface area (TPSA) is 124 Å². The molecule has 0 heterocycles. The van der Waals surface area contributed by atoms with Gasteiger partial charge in [-0.2, -0.15) is 0 Å². The van der Waals surface area contributed by atoms with Crippen LogP contribution in [0.25, 0.3) is 0 Å². The van der Waals surface area contributed by atoms with Crippen LogP contribution in [0.1, 0.15) is 91.3 Å². The Bertz CT molecular complexity index is 1050. The molecule has 0 bridgehead atoms. The standard InChI is InChI=1S/C27H36O7S.C2H4/c1-5-7-22-24(12-11-20(17(3)28)26(22)33)35-15-13-23(30)19-9-10-21(18(4)29)27(16(19)2)34-14-6-8-25(31)32;1-2/h9-12,18,23,29-30,33H,5-8,13-15H2,1-4H3,(H,31,32);1-2H2. The summed E-state index contributed by atoms with van der Waals surface area (Å²) in [5.41, 5.74) is 3.07. The van der Waals surface area contributed by atoms with Crippen LogP contribution >= 0.6 is 11.8 Å². The van der Waals surface area contributed by atoms with Gasteiger partial charge >= 0.3 is 5.97 Å². The number of Topliss-reactive ketones (excluding diaryl/α,β-unsaturated/α-hetero) is 1. The highest BCUT2D eigenvalue weighted by Crippen LogP contribution is 2.37. The lowest BCUT2D eigenvalue weighted by molar-refractivity contribution is -0.137. The number of phenols is 1. The summed E-state index contributed by atoms with van der Waals surface area (Å²) in [6.07, 6.45) is 0.714. The maximum atomic E-state index is 11.8. The summed E-state index contributed by atoms with van der Waals surface area (Å²) in [4.78, 5) is 23.4. The molecule has 0 fully saturated rings. The third kappa shape index (κ3) is 9.22. The van der Waals surface area contributed by atoms with Crippen LogP contribution in [0.15, 0.2) is 42.3 Å². The van der Waals surface area contributed by atoms with Crippen molar-refractivity contribution < 1.29 is 34.8 Å². The average Bonchev–Trinajstić information content (AvgIpc) is 2.85. The second kappa shape index (κ2) is 16.1. The van der Waals surface area contributed by atoms with Crippen LogP contribution < -0.4 is 4.74 Å². The van der Waals surface area contributed by atoms with Crippen molar-refractivity contribution in [2.75, 3.05) is 12.4 Å². The molecule has 0 aliphatic heterocycles. The maximum absolute atomic E-state index is 11.8. The van der Waals surface area contributed by atoms with E-state index in [2.05, 4.69) is 13.2 Å². The minimum atomic E-state index is -0.894. The van der Waals surface area contributed by atoms with Gasteiger partial charge in [-0.15, -0.1) is 24.9 Å². The highest BCUT2D eigenvalue weighted by molar-refractivity contribution is 7.99. The molecule has 0 saturated carbocycles. The molecule has 0 radical (unpaired) electrons. The number of carbonyl (C=O) groups is 2. The fraction of sp³-hybridized carbons (Fsp3) is 0.448. The molecule has 2 aromatic carbocycles. The largest absolute Gasteiger partial charge is 0.507 e. The van der Waals surface area contributed by atoms with Crippen molar-refractivity contribution >= 4 is 23.5 Å². The fourth-order valence-electron chi connectivity index (χ4n) is 3.97. The zero-order valence-electron chi connectivity index (χ0n) is 22.2. The van der Waals surface area contributed by atoms with Gasteiger partial charge in [0.05, 0.1) is 24.4 Å². The SMILES string of the molecule is C=C.CCCc1c(SCCC(O)c2ccc(C(C)O)c(OCCCC(=O)O)c2C)ccc(C(C)=O)c1O. The van der Waals surface area contributed by atoms with Crippen LogP contribution in [0.3, 0.4) is 0 Å². The van der Waals surface area contributed by atoms with Gasteiger partial charge in [0.25, 0.3) is 0 Å². The number of phenolic OH excluding ortho intramolecular Hbond substituents is 1. The van der Waals surface area contributed by atoms with Crippen molar-refractivity contribution in [2.45, 2.75) is 76.9 Å². The summed E-state index contributed by atoms with van der Waals surface area (Å²) in [6, 6.07) is 7.01. The van der Waals surface area contributed by atoms with Crippen LogP contribution in [0, 0.1) is 6.92 Å². The number of ether oxygens (including phenoxy) is 1. The number of aromatic hydroxyl groups is 1. The van der Waals surface area contributed by atoms with E-state index in [9.17, 15) is 24.9 Å². The monoisotopic (exact) mass is 532 g/mol. The molecule has 2 atom stereocenters. The zero-order chi connectivity index (χ0) is 28.1. The Hall–Kier alpha value is -2.81. The number of carbonyl (C=O) groups excluding carboxylic acids is 1. The minimum Gasteiger partial charge on any atom is -0.507 e. The summed E-state index contributed by atoms with van der Waals surface area (Å²) >= 11 is 1.52. The van der Waals surface area contributed by atoms with Gasteiger partial charge in [-0.1, -0.05) is 25.5 Å². The molecule has 0 aromatic heterocycles. The molecule has 4 N–H and O–H groups in total. The van der Waals surface area contributed by atoms with Crippen molar-refractivity contribution in [1.29, 1.82) is 0 Å². The van der Waals surface area contributed by atoms with E-state index in [0.29, 0.717) is 53.0 Å². The van der Waals surface area contributed by atoms with E-state index in [4.69, 9.17) is 9.84 Å². The number of benzene rings is 2. The highest BCUT2D eigenvalue weighted by atomic mass is 32.2. The van der Waals surface area contributed by atoms with E-state index in [-0.39, 0.29) is 24.6 Å². The second-order valence-electron chi connectivity index (χ2n) is 8.62. The highest BCUT2D eigenvalue weighted by Gasteiger charge is 2.20. The predicted octanol–water partition coefficient (Wildman–Crippen LogP) is 6.17. The molecule has 2 rings (SSSR count). The van der Waals surface area contributed by atoms with Gasteiger partial charge in [-0.05, 0) is 63.3 Å². The van der Waals surface area contributed by atoms with E-state index in [0.717, 1.165) is 16.9 Å². The molecule has 2 unspecified atom stereocenters. The fourth-order valence-corrected chi connectivity index (χ4v) is 5.07. The smallest absolute Gasteiger partial charge is 0.303 e. The molecular weight excluding hydrogens is 492 g/mol. The van der Waals surface area contributed by atoms with E-state index in [1.807, 2.05) is 19.9 Å². The number of carboxylic acids is 1. The van der Waals surface area contributed by atoms with Gasteiger partial charge in [-0.25, -0.2) is 0 Å². The summed E-state index contributed by atoms with van der Waals surface area (Å²) in [6.45, 7) is 13.1. The lowest BCUT2D eigenvalue weighted by Gasteiger charge is -2.21. The number of hydrogen-bond donors (Lipinski definition) is 4. The van der Waals surface area contributed by atoms with Gasteiger partial charge in [0.2, 0.25) is 0 Å². The van der Waals surface area contributed by atoms with Crippen molar-refractivity contribution in [2.24, 2.45) is 0 Å². The van der Waals surface area contributed by atoms with Crippen LogP contribution in [-0.2, 0) is 11.2 Å². The number of aliphatic hydroxyl groups excluding tert-OH is 2. The minimum absolute atomic E-state index is 0.00837. The third-order valence-corrected chi connectivity index (χ3v) is 6.97. The quantitative estimate of drug-likeness (QED) is 0.0985. The molecule has 0 amide bonds. The number of thioether (sulfide) groups is 1. The predicted molar refractivity (Wildman–Crippen MR) is 148 cm³/mol. The first-order chi connectivity index (χ1) is 17.6. The second-order valence-corrected chi connectivity index (χ2v) is 9.75. The van der Waals surface area contributed by atoms with Gasteiger partial charge < -0.3 is 25.2 Å². The van der Waals surface area contributed by atoms with Crippen molar-refractivity contribution in [1.82, 2.24) is 0 Å². The van der Waals surface area contributed by atoms with E-state index in [1.54, 1.807) is 25.1 Å². The number of ketones is 1. The Kier molecular flexibility index (Phi) is 14.0. The summed E-state index contributed by atoms with van der Waals surface area (Å²) in [7, 11) is 0. The molecule has 2 aromatic rings. The summed E-state index contributed by atoms with van der Waals surface area (Å²) in [5, 5.41) is 40.4. The molecule has 0 aliphatic carbocycles. The van der Waals surface area contributed by atoms with Crippen LogP contribution in [0.4, 0.5) is 0 Å². The number of rotatable bonds is 14.